The number of rotatable bonds is 5. The van der Waals surface area contributed by atoms with Gasteiger partial charge in [0, 0.05) is 6.42 Å². The predicted octanol–water partition coefficient (Wildman–Crippen LogP) is 4.15. The summed E-state index contributed by atoms with van der Waals surface area (Å²) in [7, 11) is 0. The lowest BCUT2D eigenvalue weighted by Crippen LogP contribution is -2.01. The highest BCUT2D eigenvalue weighted by Gasteiger charge is 2.11. The molecular formula is C19H18O2. The summed E-state index contributed by atoms with van der Waals surface area (Å²) >= 11 is 0. The largest absolute Gasteiger partial charge is 0.467 e. The van der Waals surface area contributed by atoms with Crippen LogP contribution in [0.1, 0.15) is 28.6 Å². The molecule has 1 aromatic heterocycles. The molecule has 0 amide bonds. The van der Waals surface area contributed by atoms with Crippen molar-refractivity contribution in [3.63, 3.8) is 0 Å². The van der Waals surface area contributed by atoms with Crippen LogP contribution >= 0.6 is 0 Å². The molecule has 0 bridgehead atoms. The third-order valence-electron chi connectivity index (χ3n) is 3.54. The highest BCUT2D eigenvalue weighted by Crippen LogP contribution is 2.20. The first-order valence-electron chi connectivity index (χ1n) is 7.14. The molecule has 1 heterocycles. The molecule has 2 aromatic carbocycles. The van der Waals surface area contributed by atoms with Crippen LogP contribution in [-0.2, 0) is 12.8 Å². The topological polar surface area (TPSA) is 33.4 Å². The second-order valence-corrected chi connectivity index (χ2v) is 5.22. The van der Waals surface area contributed by atoms with E-state index in [0.29, 0.717) is 12.2 Å². The van der Waals surface area contributed by atoms with Gasteiger partial charge in [0.1, 0.15) is 11.9 Å². The molecule has 106 valence electrons. The van der Waals surface area contributed by atoms with E-state index in [9.17, 15) is 5.11 Å². The van der Waals surface area contributed by atoms with Crippen LogP contribution in [0.4, 0.5) is 0 Å². The third-order valence-corrected chi connectivity index (χ3v) is 3.54. The number of aliphatic hydroxyl groups excluding tert-OH is 1. The number of furan rings is 1. The van der Waals surface area contributed by atoms with Crippen molar-refractivity contribution >= 4 is 0 Å². The highest BCUT2D eigenvalue weighted by molar-refractivity contribution is 5.30. The van der Waals surface area contributed by atoms with Crippen molar-refractivity contribution in [3.8, 4) is 0 Å². The fourth-order valence-corrected chi connectivity index (χ4v) is 2.50. The smallest absolute Gasteiger partial charge is 0.132 e. The van der Waals surface area contributed by atoms with Crippen LogP contribution in [0.2, 0.25) is 0 Å². The summed E-state index contributed by atoms with van der Waals surface area (Å²) in [4.78, 5) is 0. The van der Waals surface area contributed by atoms with Crippen LogP contribution in [0.25, 0.3) is 0 Å². The molecule has 0 fully saturated rings. The lowest BCUT2D eigenvalue weighted by Gasteiger charge is -2.09. The van der Waals surface area contributed by atoms with Gasteiger partial charge in [-0.1, -0.05) is 54.6 Å². The predicted molar refractivity (Wildman–Crippen MR) is 83.1 cm³/mol. The van der Waals surface area contributed by atoms with Crippen molar-refractivity contribution in [3.05, 3.63) is 95.4 Å². The molecule has 3 rings (SSSR count). The van der Waals surface area contributed by atoms with Crippen molar-refractivity contribution in [2.75, 3.05) is 0 Å². The molecule has 2 heteroatoms. The van der Waals surface area contributed by atoms with Gasteiger partial charge in [-0.2, -0.15) is 0 Å². The first-order valence-corrected chi connectivity index (χ1v) is 7.14. The van der Waals surface area contributed by atoms with Crippen LogP contribution in [-0.4, -0.2) is 5.11 Å². The quantitative estimate of drug-likeness (QED) is 0.760. The maximum Gasteiger partial charge on any atom is 0.132 e. The number of benzene rings is 2. The van der Waals surface area contributed by atoms with Gasteiger partial charge in [-0.25, -0.2) is 0 Å². The Bertz CT molecular complexity index is 672. The molecule has 0 aliphatic heterocycles. The van der Waals surface area contributed by atoms with E-state index in [-0.39, 0.29) is 0 Å². The zero-order valence-electron chi connectivity index (χ0n) is 11.8. The van der Waals surface area contributed by atoms with E-state index in [4.69, 9.17) is 4.42 Å². The maximum atomic E-state index is 10.1. The molecule has 21 heavy (non-hydrogen) atoms. The molecule has 0 saturated heterocycles. The molecule has 1 N–H and O–H groups in total. The van der Waals surface area contributed by atoms with Crippen LogP contribution in [0.15, 0.2) is 77.4 Å². The summed E-state index contributed by atoms with van der Waals surface area (Å²) in [6, 6.07) is 22.4. The SMILES string of the molecule is OC(Cc1cccc(Cc2ccccc2)c1)c1ccco1. The zero-order valence-corrected chi connectivity index (χ0v) is 11.8. The van der Waals surface area contributed by atoms with Crippen LogP contribution in [0.5, 0.6) is 0 Å². The Morgan fingerprint density at radius 1 is 0.810 bits per heavy atom. The zero-order chi connectivity index (χ0) is 14.5. The summed E-state index contributed by atoms with van der Waals surface area (Å²) in [5.74, 6) is 0.614. The standard InChI is InChI=1S/C19H18O2/c20-18(19-10-5-11-21-19)14-17-9-4-8-16(13-17)12-15-6-2-1-3-7-15/h1-11,13,18,20H,12,14H2. The average molecular weight is 278 g/mol. The van der Waals surface area contributed by atoms with E-state index in [0.717, 1.165) is 12.0 Å². The van der Waals surface area contributed by atoms with E-state index in [1.165, 1.54) is 11.1 Å². The second kappa shape index (κ2) is 6.42. The summed E-state index contributed by atoms with van der Waals surface area (Å²) < 4.78 is 5.24. The first-order chi connectivity index (χ1) is 10.3. The normalized spacial score (nSPS) is 12.2. The molecule has 0 radical (unpaired) electrons. The summed E-state index contributed by atoms with van der Waals surface area (Å²) in [6.07, 6.45) is 2.47. The fraction of sp³-hybridized carbons (Fsp3) is 0.158. The molecule has 0 aliphatic carbocycles. The molecule has 3 aromatic rings. The van der Waals surface area contributed by atoms with E-state index >= 15 is 0 Å². The van der Waals surface area contributed by atoms with Gasteiger partial charge >= 0.3 is 0 Å². The average Bonchev–Trinajstić information content (AvgIpc) is 3.03. The number of hydrogen-bond acceptors (Lipinski definition) is 2. The van der Waals surface area contributed by atoms with E-state index < -0.39 is 6.10 Å². The molecule has 2 nitrogen and oxygen atoms in total. The van der Waals surface area contributed by atoms with Gasteiger partial charge in [-0.3, -0.25) is 0 Å². The minimum atomic E-state index is -0.591. The van der Waals surface area contributed by atoms with Crippen molar-refractivity contribution in [2.24, 2.45) is 0 Å². The Balaban J connectivity index is 1.71. The molecule has 0 spiro atoms. The molecule has 1 atom stereocenters. The van der Waals surface area contributed by atoms with Gasteiger partial charge in [-0.15, -0.1) is 0 Å². The Labute approximate surface area is 124 Å². The van der Waals surface area contributed by atoms with Crippen molar-refractivity contribution in [2.45, 2.75) is 18.9 Å². The van der Waals surface area contributed by atoms with Crippen molar-refractivity contribution in [1.29, 1.82) is 0 Å². The molecular weight excluding hydrogens is 260 g/mol. The van der Waals surface area contributed by atoms with E-state index in [1.807, 2.05) is 18.2 Å². The van der Waals surface area contributed by atoms with Gasteiger partial charge in [0.05, 0.1) is 6.26 Å². The monoisotopic (exact) mass is 278 g/mol. The minimum Gasteiger partial charge on any atom is -0.467 e. The molecule has 1 unspecified atom stereocenters. The van der Waals surface area contributed by atoms with Crippen LogP contribution < -0.4 is 0 Å². The summed E-state index contributed by atoms with van der Waals surface area (Å²) in [6.45, 7) is 0. The van der Waals surface area contributed by atoms with Gasteiger partial charge in [0.15, 0.2) is 0 Å². The second-order valence-electron chi connectivity index (χ2n) is 5.22. The van der Waals surface area contributed by atoms with Gasteiger partial charge in [0.25, 0.3) is 0 Å². The number of aliphatic hydroxyl groups is 1. The number of hydrogen-bond donors (Lipinski definition) is 1. The van der Waals surface area contributed by atoms with E-state index in [1.54, 1.807) is 18.4 Å². The molecule has 0 aliphatic rings. The van der Waals surface area contributed by atoms with Gasteiger partial charge in [-0.05, 0) is 35.2 Å². The Hall–Kier alpha value is -2.32. The van der Waals surface area contributed by atoms with Crippen LogP contribution in [0.3, 0.4) is 0 Å². The van der Waals surface area contributed by atoms with Crippen molar-refractivity contribution < 1.29 is 9.52 Å². The third kappa shape index (κ3) is 3.61. The van der Waals surface area contributed by atoms with Crippen LogP contribution in [0, 0.1) is 0 Å². The lowest BCUT2D eigenvalue weighted by atomic mass is 10.00. The van der Waals surface area contributed by atoms with Crippen molar-refractivity contribution in [1.82, 2.24) is 0 Å². The Kier molecular flexibility index (Phi) is 4.17. The first kappa shape index (κ1) is 13.7. The maximum absolute atomic E-state index is 10.1. The van der Waals surface area contributed by atoms with E-state index in [2.05, 4.69) is 36.4 Å². The minimum absolute atomic E-state index is 0.566. The Morgan fingerprint density at radius 3 is 2.33 bits per heavy atom. The molecule has 0 saturated carbocycles. The van der Waals surface area contributed by atoms with Gasteiger partial charge in [0.2, 0.25) is 0 Å². The van der Waals surface area contributed by atoms with Gasteiger partial charge < -0.3 is 9.52 Å². The highest BCUT2D eigenvalue weighted by atomic mass is 16.4. The fourth-order valence-electron chi connectivity index (χ4n) is 2.50. The summed E-state index contributed by atoms with van der Waals surface area (Å²) in [5, 5.41) is 10.1. The lowest BCUT2D eigenvalue weighted by molar-refractivity contribution is 0.150. The Morgan fingerprint density at radius 2 is 1.57 bits per heavy atom. The summed E-state index contributed by atoms with van der Waals surface area (Å²) in [5.41, 5.74) is 3.67.